The lowest BCUT2D eigenvalue weighted by Crippen LogP contribution is -2.41. The topological polar surface area (TPSA) is 18.5 Å². The van der Waals surface area contributed by atoms with E-state index < -0.39 is 0 Å². The van der Waals surface area contributed by atoms with E-state index in [2.05, 4.69) is 40.7 Å². The summed E-state index contributed by atoms with van der Waals surface area (Å²) in [4.78, 5) is 0. The Hall–Kier alpha value is -0.275. The van der Waals surface area contributed by atoms with Gasteiger partial charge >= 0.3 is 7.12 Å². The van der Waals surface area contributed by atoms with E-state index in [0.29, 0.717) is 0 Å². The van der Waals surface area contributed by atoms with Crippen LogP contribution in [0.25, 0.3) is 0 Å². The minimum absolute atomic E-state index is 0.157. The Labute approximate surface area is 87.8 Å². The summed E-state index contributed by atoms with van der Waals surface area (Å²) < 4.78 is 11.8. The second-order valence-electron chi connectivity index (χ2n) is 4.81. The molecule has 1 fully saturated rings. The zero-order valence-corrected chi connectivity index (χ0v) is 10.2. The first-order chi connectivity index (χ1) is 6.34. The van der Waals surface area contributed by atoms with Crippen molar-refractivity contribution >= 4 is 7.12 Å². The fourth-order valence-electron chi connectivity index (χ4n) is 1.50. The van der Waals surface area contributed by atoms with E-state index in [0.717, 1.165) is 6.42 Å². The predicted octanol–water partition coefficient (Wildman–Crippen LogP) is 2.97. The highest BCUT2D eigenvalue weighted by Crippen LogP contribution is 2.38. The van der Waals surface area contributed by atoms with Crippen molar-refractivity contribution in [3.63, 3.8) is 0 Å². The lowest BCUT2D eigenvalue weighted by atomic mass is 9.76. The Balaban J connectivity index is 2.82. The van der Waals surface area contributed by atoms with Crippen LogP contribution in [-0.2, 0) is 9.31 Å². The third kappa shape index (κ3) is 1.89. The molecule has 1 aliphatic rings. The lowest BCUT2D eigenvalue weighted by Gasteiger charge is -2.32. The molecule has 0 aromatic heterocycles. The van der Waals surface area contributed by atoms with E-state index in [4.69, 9.17) is 9.31 Å². The van der Waals surface area contributed by atoms with Gasteiger partial charge < -0.3 is 9.31 Å². The van der Waals surface area contributed by atoms with Crippen LogP contribution in [0.1, 0.15) is 48.0 Å². The highest BCUT2D eigenvalue weighted by Gasteiger charge is 2.51. The summed E-state index contributed by atoms with van der Waals surface area (Å²) in [6.45, 7) is 12.5. The maximum atomic E-state index is 5.92. The third-order valence-electron chi connectivity index (χ3n) is 3.34. The van der Waals surface area contributed by atoms with Crippen LogP contribution < -0.4 is 0 Å². The molecule has 0 unspecified atom stereocenters. The maximum Gasteiger partial charge on any atom is 0.490 e. The molecule has 1 saturated heterocycles. The van der Waals surface area contributed by atoms with Gasteiger partial charge in [0.1, 0.15) is 0 Å². The van der Waals surface area contributed by atoms with Gasteiger partial charge in [-0.05, 0) is 46.5 Å². The van der Waals surface area contributed by atoms with Crippen molar-refractivity contribution in [2.75, 3.05) is 0 Å². The van der Waals surface area contributed by atoms with Crippen molar-refractivity contribution in [3.8, 4) is 0 Å². The molecule has 0 aliphatic carbocycles. The summed E-state index contributed by atoms with van der Waals surface area (Å²) in [7, 11) is -0.157. The molecule has 0 aromatic rings. The van der Waals surface area contributed by atoms with Crippen molar-refractivity contribution in [2.24, 2.45) is 0 Å². The second-order valence-corrected chi connectivity index (χ2v) is 4.81. The van der Waals surface area contributed by atoms with Crippen LogP contribution >= 0.6 is 0 Å². The van der Waals surface area contributed by atoms with Gasteiger partial charge in [0.25, 0.3) is 0 Å². The molecule has 1 heterocycles. The van der Waals surface area contributed by atoms with E-state index in [9.17, 15) is 0 Å². The molecule has 0 bridgehead atoms. The molecule has 14 heavy (non-hydrogen) atoms. The largest absolute Gasteiger partial charge is 0.490 e. The van der Waals surface area contributed by atoms with E-state index in [1.807, 2.05) is 6.92 Å². The van der Waals surface area contributed by atoms with Gasteiger partial charge in [0.05, 0.1) is 11.2 Å². The fourth-order valence-corrected chi connectivity index (χ4v) is 1.50. The first kappa shape index (κ1) is 11.8. The van der Waals surface area contributed by atoms with Crippen molar-refractivity contribution in [2.45, 2.75) is 59.2 Å². The summed E-state index contributed by atoms with van der Waals surface area (Å²) in [5, 5.41) is 0. The quantitative estimate of drug-likeness (QED) is 0.632. The van der Waals surface area contributed by atoms with Gasteiger partial charge in [-0.15, -0.1) is 0 Å². The van der Waals surface area contributed by atoms with E-state index >= 15 is 0 Å². The van der Waals surface area contributed by atoms with Crippen LogP contribution in [0.3, 0.4) is 0 Å². The Morgan fingerprint density at radius 2 is 1.57 bits per heavy atom. The Morgan fingerprint density at radius 1 is 1.14 bits per heavy atom. The highest BCUT2D eigenvalue weighted by molar-refractivity contribution is 6.54. The fraction of sp³-hybridized carbons (Fsp3) is 0.818. The predicted molar refractivity (Wildman–Crippen MR) is 60.1 cm³/mol. The Bertz CT molecular complexity index is 228. The van der Waals surface area contributed by atoms with E-state index in [1.54, 1.807) is 0 Å². The molecule has 80 valence electrons. The standard InChI is InChI=1S/C11H21BO2/c1-7-9(8-2)12-13-10(3,4)11(5,6)14-12/h7H,8H2,1-6H3. The van der Waals surface area contributed by atoms with Crippen LogP contribution in [0.15, 0.2) is 11.5 Å². The first-order valence-electron chi connectivity index (χ1n) is 5.35. The van der Waals surface area contributed by atoms with E-state index in [1.165, 1.54) is 5.47 Å². The van der Waals surface area contributed by atoms with Gasteiger partial charge in [0, 0.05) is 0 Å². The molecular formula is C11H21BO2. The van der Waals surface area contributed by atoms with Crippen molar-refractivity contribution in [1.82, 2.24) is 0 Å². The van der Waals surface area contributed by atoms with Gasteiger partial charge in [-0.2, -0.15) is 0 Å². The summed E-state index contributed by atoms with van der Waals surface area (Å²) in [5.41, 5.74) is 0.783. The number of allylic oxidation sites excluding steroid dienone is 2. The normalized spacial score (nSPS) is 25.6. The Morgan fingerprint density at radius 3 is 1.86 bits per heavy atom. The van der Waals surface area contributed by atoms with Gasteiger partial charge in [-0.1, -0.05) is 13.0 Å². The Kier molecular flexibility index (Phi) is 3.12. The first-order valence-corrected chi connectivity index (χ1v) is 5.35. The van der Waals surface area contributed by atoms with Crippen LogP contribution in [0.5, 0.6) is 0 Å². The lowest BCUT2D eigenvalue weighted by molar-refractivity contribution is 0.00578. The molecule has 0 spiro atoms. The number of rotatable bonds is 2. The molecule has 3 heteroatoms. The van der Waals surface area contributed by atoms with Gasteiger partial charge in [0.2, 0.25) is 0 Å². The second kappa shape index (κ2) is 3.71. The molecule has 0 saturated carbocycles. The molecule has 0 atom stereocenters. The van der Waals surface area contributed by atoms with Gasteiger partial charge in [0.15, 0.2) is 0 Å². The summed E-state index contributed by atoms with van der Waals surface area (Å²) in [5.74, 6) is 0. The van der Waals surface area contributed by atoms with Crippen LogP contribution in [0.2, 0.25) is 0 Å². The summed E-state index contributed by atoms with van der Waals surface area (Å²) >= 11 is 0. The van der Waals surface area contributed by atoms with Gasteiger partial charge in [-0.3, -0.25) is 0 Å². The molecule has 0 radical (unpaired) electrons. The molecule has 1 rings (SSSR count). The molecular weight excluding hydrogens is 175 g/mol. The van der Waals surface area contributed by atoms with Crippen LogP contribution in [0, 0.1) is 0 Å². The van der Waals surface area contributed by atoms with Crippen LogP contribution in [-0.4, -0.2) is 18.3 Å². The van der Waals surface area contributed by atoms with Crippen molar-refractivity contribution in [3.05, 3.63) is 11.5 Å². The third-order valence-corrected chi connectivity index (χ3v) is 3.34. The monoisotopic (exact) mass is 196 g/mol. The average Bonchev–Trinajstić information content (AvgIpc) is 2.23. The number of hydrogen-bond acceptors (Lipinski definition) is 2. The molecule has 2 nitrogen and oxygen atoms in total. The van der Waals surface area contributed by atoms with E-state index in [-0.39, 0.29) is 18.3 Å². The number of hydrogen-bond donors (Lipinski definition) is 0. The van der Waals surface area contributed by atoms with Crippen LogP contribution in [0.4, 0.5) is 0 Å². The zero-order chi connectivity index (χ0) is 11.0. The van der Waals surface area contributed by atoms with Crippen molar-refractivity contribution in [1.29, 1.82) is 0 Å². The summed E-state index contributed by atoms with van der Waals surface area (Å²) in [6.07, 6.45) is 3.06. The average molecular weight is 196 g/mol. The van der Waals surface area contributed by atoms with Gasteiger partial charge in [-0.25, -0.2) is 0 Å². The minimum Gasteiger partial charge on any atom is -0.400 e. The summed E-state index contributed by atoms with van der Waals surface area (Å²) in [6, 6.07) is 0. The highest BCUT2D eigenvalue weighted by atomic mass is 16.7. The molecule has 0 aromatic carbocycles. The molecule has 0 amide bonds. The van der Waals surface area contributed by atoms with Crippen molar-refractivity contribution < 1.29 is 9.31 Å². The SMILES string of the molecule is CC=C(CC)B1OC(C)(C)C(C)(C)O1. The molecule has 0 N–H and O–H groups in total. The zero-order valence-electron chi connectivity index (χ0n) is 10.2. The molecule has 1 aliphatic heterocycles. The smallest absolute Gasteiger partial charge is 0.400 e. The minimum atomic E-state index is -0.221. The maximum absolute atomic E-state index is 5.92.